The Morgan fingerprint density at radius 3 is 2.44 bits per heavy atom. The highest BCUT2D eigenvalue weighted by atomic mass is 31.2. The second kappa shape index (κ2) is 5.06. The van der Waals surface area contributed by atoms with Crippen molar-refractivity contribution in [2.45, 2.75) is 26.6 Å². The molecule has 0 aromatic carbocycles. The van der Waals surface area contributed by atoms with E-state index in [-0.39, 0.29) is 16.9 Å². The summed E-state index contributed by atoms with van der Waals surface area (Å²) in [6, 6.07) is 0. The van der Waals surface area contributed by atoms with E-state index in [1.165, 1.54) is 13.1 Å². The Morgan fingerprint density at radius 1 is 1.44 bits per heavy atom. The first-order valence-electron chi connectivity index (χ1n) is 5.02. The molecule has 1 aromatic heterocycles. The predicted molar refractivity (Wildman–Crippen MR) is 61.9 cm³/mol. The van der Waals surface area contributed by atoms with Gasteiger partial charge in [0, 0.05) is 24.2 Å². The number of hydrogen-bond acceptors (Lipinski definition) is 5. The quantitative estimate of drug-likeness (QED) is 0.559. The molecule has 1 aromatic rings. The van der Waals surface area contributed by atoms with E-state index >= 15 is 0 Å². The van der Waals surface area contributed by atoms with Crippen LogP contribution >= 0.6 is 7.60 Å². The van der Waals surface area contributed by atoms with Gasteiger partial charge in [-0.05, 0) is 13.8 Å². The normalized spacial score (nSPS) is 13.2. The van der Waals surface area contributed by atoms with Gasteiger partial charge < -0.3 is 19.6 Å². The van der Waals surface area contributed by atoms with Crippen molar-refractivity contribution in [3.05, 3.63) is 23.0 Å². The van der Waals surface area contributed by atoms with Crippen LogP contribution in [0.3, 0.4) is 0 Å². The molecule has 0 bridgehead atoms. The first kappa shape index (κ1) is 14.6. The number of carbonyl (C=O) groups excluding carboxylic acids is 1. The first-order chi connectivity index (χ1) is 8.14. The van der Waals surface area contributed by atoms with E-state index in [0.717, 1.165) is 6.92 Å². The van der Waals surface area contributed by atoms with Crippen molar-refractivity contribution in [3.8, 4) is 5.75 Å². The predicted octanol–water partition coefficient (Wildman–Crippen LogP) is 1.14. The number of aryl methyl sites for hydroxylation is 1. The maximum Gasteiger partial charge on any atom is 0.370 e. The van der Waals surface area contributed by atoms with Gasteiger partial charge in [0.25, 0.3) is 0 Å². The smallest absolute Gasteiger partial charge is 0.370 e. The van der Waals surface area contributed by atoms with E-state index < -0.39 is 19.4 Å². The largest absolute Gasteiger partial charge is 0.506 e. The lowest BCUT2D eigenvalue weighted by atomic mass is 10.1. The number of esters is 1. The molecule has 1 atom stereocenters. The minimum Gasteiger partial charge on any atom is -0.506 e. The fourth-order valence-electron chi connectivity index (χ4n) is 1.45. The first-order valence-corrected chi connectivity index (χ1v) is 6.70. The van der Waals surface area contributed by atoms with E-state index in [2.05, 4.69) is 9.72 Å². The van der Waals surface area contributed by atoms with Crippen LogP contribution in [0, 0.1) is 13.8 Å². The number of hydrogen-bond donors (Lipinski definition) is 3. The lowest BCUT2D eigenvalue weighted by molar-refractivity contribution is -0.143. The van der Waals surface area contributed by atoms with Crippen molar-refractivity contribution >= 4 is 13.6 Å². The summed E-state index contributed by atoms with van der Waals surface area (Å²) in [7, 11) is -4.71. The Morgan fingerprint density at radius 2 is 2.00 bits per heavy atom. The monoisotopic (exact) mass is 275 g/mol. The summed E-state index contributed by atoms with van der Waals surface area (Å²) in [4.78, 5) is 33.1. The minimum absolute atomic E-state index is 0.0124. The summed E-state index contributed by atoms with van der Waals surface area (Å²) in [5, 5.41) is 9.68. The van der Waals surface area contributed by atoms with Gasteiger partial charge in [0.05, 0.1) is 5.69 Å². The SMILES string of the molecule is CC(=O)OC(c1cnc(C)c(O)c1C)P(=O)(O)O. The van der Waals surface area contributed by atoms with Gasteiger partial charge in [0.1, 0.15) is 5.75 Å². The molecule has 1 unspecified atom stereocenters. The Balaban J connectivity index is 3.35. The molecule has 0 saturated carbocycles. The molecular weight excluding hydrogens is 261 g/mol. The van der Waals surface area contributed by atoms with Crippen LogP contribution in [0.1, 0.15) is 29.6 Å². The maximum atomic E-state index is 11.3. The number of rotatable bonds is 3. The van der Waals surface area contributed by atoms with Crippen LogP contribution in [0.15, 0.2) is 6.20 Å². The van der Waals surface area contributed by atoms with Crippen molar-refractivity contribution in [3.63, 3.8) is 0 Å². The summed E-state index contributed by atoms with van der Waals surface area (Å²) in [5.41, 5.74) is 0.530. The standard InChI is InChI=1S/C10H14NO6P/c1-5-8(4-11-6(2)9(5)13)10(17-7(3)12)18(14,15)16/h4,10,13H,1-3H3,(H2,14,15,16). The molecule has 0 saturated heterocycles. The van der Waals surface area contributed by atoms with E-state index in [9.17, 15) is 24.3 Å². The van der Waals surface area contributed by atoms with Crippen LogP contribution in [0.5, 0.6) is 5.75 Å². The second-order valence-electron chi connectivity index (χ2n) is 3.82. The molecule has 0 aliphatic carbocycles. The molecule has 100 valence electrons. The Kier molecular flexibility index (Phi) is 4.11. The van der Waals surface area contributed by atoms with Crippen molar-refractivity contribution in [1.29, 1.82) is 0 Å². The summed E-state index contributed by atoms with van der Waals surface area (Å²) < 4.78 is 15.9. The van der Waals surface area contributed by atoms with Crippen molar-refractivity contribution in [2.24, 2.45) is 0 Å². The summed E-state index contributed by atoms with van der Waals surface area (Å²) in [5.74, 6) is -2.77. The number of pyridine rings is 1. The third kappa shape index (κ3) is 3.07. The number of carbonyl (C=O) groups is 1. The van der Waals surface area contributed by atoms with Gasteiger partial charge in [-0.3, -0.25) is 14.3 Å². The molecule has 7 nitrogen and oxygen atoms in total. The number of ether oxygens (including phenoxy) is 1. The zero-order valence-corrected chi connectivity index (χ0v) is 11.0. The van der Waals surface area contributed by atoms with Crippen LogP contribution in [0.4, 0.5) is 0 Å². The number of aromatic hydroxyl groups is 1. The lowest BCUT2D eigenvalue weighted by Gasteiger charge is -2.20. The zero-order valence-electron chi connectivity index (χ0n) is 10.1. The molecule has 1 heterocycles. The average molecular weight is 275 g/mol. The van der Waals surface area contributed by atoms with Crippen molar-refractivity contribution < 1.29 is 29.0 Å². The molecule has 0 fully saturated rings. The summed E-state index contributed by atoms with van der Waals surface area (Å²) in [6.45, 7) is 4.05. The maximum absolute atomic E-state index is 11.3. The molecule has 0 aliphatic heterocycles. The third-order valence-electron chi connectivity index (χ3n) is 2.38. The van der Waals surface area contributed by atoms with E-state index in [0.29, 0.717) is 5.69 Å². The molecule has 0 radical (unpaired) electrons. The molecule has 18 heavy (non-hydrogen) atoms. The van der Waals surface area contributed by atoms with Crippen LogP contribution in [-0.2, 0) is 14.1 Å². The molecule has 8 heteroatoms. The Labute approximate surface area is 104 Å². The molecule has 0 spiro atoms. The van der Waals surface area contributed by atoms with Crippen LogP contribution < -0.4 is 0 Å². The van der Waals surface area contributed by atoms with Gasteiger partial charge in [-0.2, -0.15) is 0 Å². The lowest BCUT2D eigenvalue weighted by Crippen LogP contribution is -2.11. The average Bonchev–Trinajstić information content (AvgIpc) is 2.22. The van der Waals surface area contributed by atoms with Crippen molar-refractivity contribution in [2.75, 3.05) is 0 Å². The number of nitrogens with zero attached hydrogens (tertiary/aromatic N) is 1. The van der Waals surface area contributed by atoms with Crippen molar-refractivity contribution in [1.82, 2.24) is 4.98 Å². The topological polar surface area (TPSA) is 117 Å². The molecule has 0 amide bonds. The van der Waals surface area contributed by atoms with Gasteiger partial charge in [-0.15, -0.1) is 0 Å². The number of aromatic nitrogens is 1. The molecular formula is C10H14NO6P. The highest BCUT2D eigenvalue weighted by Gasteiger charge is 2.35. The molecule has 3 N–H and O–H groups in total. The fraction of sp³-hybridized carbons (Fsp3) is 0.400. The highest BCUT2D eigenvalue weighted by Crippen LogP contribution is 2.53. The fourth-order valence-corrected chi connectivity index (χ4v) is 2.36. The van der Waals surface area contributed by atoms with Gasteiger partial charge >= 0.3 is 13.6 Å². The minimum atomic E-state index is -4.71. The summed E-state index contributed by atoms with van der Waals surface area (Å²) >= 11 is 0. The van der Waals surface area contributed by atoms with Gasteiger partial charge in [-0.25, -0.2) is 0 Å². The van der Waals surface area contributed by atoms with Crippen LogP contribution in [-0.4, -0.2) is 25.8 Å². The van der Waals surface area contributed by atoms with E-state index in [1.54, 1.807) is 6.92 Å². The van der Waals surface area contributed by atoms with Gasteiger partial charge in [0.15, 0.2) is 0 Å². The Bertz CT molecular complexity index is 523. The van der Waals surface area contributed by atoms with E-state index in [4.69, 9.17) is 0 Å². The summed E-state index contributed by atoms with van der Waals surface area (Å²) in [6.07, 6.45) is 1.18. The van der Waals surface area contributed by atoms with Gasteiger partial charge in [-0.1, -0.05) is 0 Å². The van der Waals surface area contributed by atoms with Crippen LogP contribution in [0.2, 0.25) is 0 Å². The van der Waals surface area contributed by atoms with E-state index in [1.807, 2.05) is 0 Å². The molecule has 0 aliphatic rings. The third-order valence-corrected chi connectivity index (χ3v) is 3.37. The second-order valence-corrected chi connectivity index (χ2v) is 5.47. The van der Waals surface area contributed by atoms with Crippen LogP contribution in [0.25, 0.3) is 0 Å². The highest BCUT2D eigenvalue weighted by molar-refractivity contribution is 7.52. The van der Waals surface area contributed by atoms with Gasteiger partial charge in [0.2, 0.25) is 5.85 Å². The Hall–Kier alpha value is -1.43. The molecule has 1 rings (SSSR count). The zero-order chi connectivity index (χ0) is 14.1.